The number of nitrogens with zero attached hydrogens (tertiary/aromatic N) is 2. The van der Waals surface area contributed by atoms with Gasteiger partial charge in [0.15, 0.2) is 0 Å². The molecule has 176 valence electrons. The average molecular weight is 462 g/mol. The topological polar surface area (TPSA) is 140 Å². The van der Waals surface area contributed by atoms with Gasteiger partial charge < -0.3 is 26.0 Å². The first-order valence-corrected chi connectivity index (χ1v) is 11.2. The van der Waals surface area contributed by atoms with Gasteiger partial charge in [0.2, 0.25) is 5.91 Å². The zero-order valence-corrected chi connectivity index (χ0v) is 18.7. The second-order valence-corrected chi connectivity index (χ2v) is 8.33. The van der Waals surface area contributed by atoms with Crippen molar-refractivity contribution in [2.45, 2.75) is 32.1 Å². The summed E-state index contributed by atoms with van der Waals surface area (Å²) in [6.45, 7) is 0.959. The van der Waals surface area contributed by atoms with E-state index < -0.39 is 17.5 Å². The monoisotopic (exact) mass is 461 g/mol. The quantitative estimate of drug-likeness (QED) is 0.482. The highest BCUT2D eigenvalue weighted by Gasteiger charge is 2.32. The largest absolute Gasteiger partial charge is 0.508 e. The van der Waals surface area contributed by atoms with Crippen molar-refractivity contribution in [3.05, 3.63) is 71.3 Å². The number of nitrogens with two attached hydrogens (primary N) is 1. The highest BCUT2D eigenvalue weighted by molar-refractivity contribution is 6.44. The van der Waals surface area contributed by atoms with Gasteiger partial charge in [-0.1, -0.05) is 6.08 Å². The van der Waals surface area contributed by atoms with Gasteiger partial charge in [0.05, 0.1) is 0 Å². The summed E-state index contributed by atoms with van der Waals surface area (Å²) >= 11 is 0. The van der Waals surface area contributed by atoms with Gasteiger partial charge in [-0.2, -0.15) is 0 Å². The molecule has 0 unspecified atom stereocenters. The number of piperidine rings is 1. The van der Waals surface area contributed by atoms with Crippen LogP contribution >= 0.6 is 0 Å². The van der Waals surface area contributed by atoms with Gasteiger partial charge in [-0.15, -0.1) is 0 Å². The van der Waals surface area contributed by atoms with E-state index in [1.807, 2.05) is 12.1 Å². The van der Waals surface area contributed by atoms with Gasteiger partial charge in [-0.05, 0) is 61.8 Å². The smallest absolute Gasteiger partial charge is 0.275 e. The molecule has 0 atom stereocenters. The predicted octanol–water partition coefficient (Wildman–Crippen LogP) is 2.57. The van der Waals surface area contributed by atoms with Crippen molar-refractivity contribution in [3.63, 3.8) is 0 Å². The van der Waals surface area contributed by atoms with Crippen molar-refractivity contribution in [3.8, 4) is 0 Å². The summed E-state index contributed by atoms with van der Waals surface area (Å²) < 4.78 is 0. The van der Waals surface area contributed by atoms with Crippen LogP contribution in [0.15, 0.2) is 71.3 Å². The first-order valence-electron chi connectivity index (χ1n) is 11.2. The lowest BCUT2D eigenvalue weighted by Crippen LogP contribution is -2.44. The van der Waals surface area contributed by atoms with Crippen molar-refractivity contribution in [2.24, 2.45) is 5.73 Å². The molecule has 2 aliphatic heterocycles. The van der Waals surface area contributed by atoms with E-state index in [1.54, 1.807) is 40.2 Å². The predicted molar refractivity (Wildman–Crippen MR) is 129 cm³/mol. The van der Waals surface area contributed by atoms with Crippen LogP contribution in [0.1, 0.15) is 32.1 Å². The van der Waals surface area contributed by atoms with Crippen molar-refractivity contribution < 1.29 is 19.5 Å². The van der Waals surface area contributed by atoms with Gasteiger partial charge in [-0.25, -0.2) is 0 Å². The third-order valence-electron chi connectivity index (χ3n) is 6.06. The number of anilines is 2. The zero-order chi connectivity index (χ0) is 24.2. The summed E-state index contributed by atoms with van der Waals surface area (Å²) in [6.07, 6.45) is 9.53. The Kier molecular flexibility index (Phi) is 6.62. The van der Waals surface area contributed by atoms with Crippen molar-refractivity contribution in [1.82, 2.24) is 5.32 Å². The molecule has 9 heteroatoms. The molecule has 2 heterocycles. The minimum absolute atomic E-state index is 0.0831. The highest BCUT2D eigenvalue weighted by Crippen LogP contribution is 2.29. The molecule has 1 saturated heterocycles. The Morgan fingerprint density at radius 3 is 2.38 bits per heavy atom. The maximum Gasteiger partial charge on any atom is 0.275 e. The maximum absolute atomic E-state index is 13.5. The normalized spacial score (nSPS) is 18.9. The van der Waals surface area contributed by atoms with E-state index in [9.17, 15) is 19.5 Å². The number of hydrogen-bond donors (Lipinski definition) is 4. The molecule has 1 fully saturated rings. The second kappa shape index (κ2) is 9.78. The van der Waals surface area contributed by atoms with Gasteiger partial charge in [0, 0.05) is 48.6 Å². The van der Waals surface area contributed by atoms with E-state index in [1.165, 1.54) is 6.08 Å². The van der Waals surface area contributed by atoms with Crippen LogP contribution in [-0.2, 0) is 14.4 Å². The van der Waals surface area contributed by atoms with E-state index in [2.05, 4.69) is 5.32 Å². The van der Waals surface area contributed by atoms with E-state index in [-0.39, 0.29) is 35.9 Å². The molecule has 0 bridgehead atoms. The molecule has 0 radical (unpaired) electrons. The number of carbonyl (C=O) groups excluding carboxylic acids is 3. The average Bonchev–Trinajstić information content (AvgIpc) is 3.04. The third-order valence-corrected chi connectivity index (χ3v) is 6.06. The Labute approximate surface area is 197 Å². The van der Waals surface area contributed by atoms with Gasteiger partial charge >= 0.3 is 0 Å². The van der Waals surface area contributed by atoms with Crippen LogP contribution < -0.4 is 20.9 Å². The van der Waals surface area contributed by atoms with E-state index in [0.29, 0.717) is 30.8 Å². The summed E-state index contributed by atoms with van der Waals surface area (Å²) in [5, 5.41) is 20.9. The highest BCUT2D eigenvalue weighted by atomic mass is 16.3. The fraction of sp³-hybridized carbons (Fsp3) is 0.280. The molecule has 5 N–H and O–H groups in total. The SMILES string of the molecule is N=C(C(N)=O)C1=C(NC2=CC=C(O)C=CC2)C(=O)N(c2ccc(N3CCCCC3=O)cc2)CC1. The number of aliphatic hydroxyl groups is 1. The number of nitrogens with one attached hydrogen (secondary N) is 2. The van der Waals surface area contributed by atoms with Crippen LogP contribution in [0.3, 0.4) is 0 Å². The number of amides is 3. The summed E-state index contributed by atoms with van der Waals surface area (Å²) in [6, 6.07) is 7.25. The number of rotatable bonds is 6. The van der Waals surface area contributed by atoms with Gasteiger partial charge in [0.25, 0.3) is 11.8 Å². The summed E-state index contributed by atoms with van der Waals surface area (Å²) in [4.78, 5) is 40.8. The number of hydrogen-bond acceptors (Lipinski definition) is 6. The molecule has 9 nitrogen and oxygen atoms in total. The molecular weight excluding hydrogens is 434 g/mol. The van der Waals surface area contributed by atoms with Crippen molar-refractivity contribution in [1.29, 1.82) is 5.41 Å². The number of allylic oxidation sites excluding steroid dienone is 4. The lowest BCUT2D eigenvalue weighted by molar-refractivity contribution is -0.119. The van der Waals surface area contributed by atoms with Crippen LogP contribution in [0.5, 0.6) is 0 Å². The zero-order valence-electron chi connectivity index (χ0n) is 18.7. The minimum atomic E-state index is -0.904. The fourth-order valence-electron chi connectivity index (χ4n) is 4.25. The molecular formula is C25H27N5O4. The fourth-order valence-corrected chi connectivity index (χ4v) is 4.25. The first-order chi connectivity index (χ1) is 16.3. The van der Waals surface area contributed by atoms with Crippen LogP contribution in [0.2, 0.25) is 0 Å². The summed E-state index contributed by atoms with van der Waals surface area (Å²) in [7, 11) is 0. The molecule has 1 aliphatic carbocycles. The Balaban J connectivity index is 1.62. The molecule has 1 aromatic rings. The Morgan fingerprint density at radius 1 is 1.00 bits per heavy atom. The molecule has 0 saturated carbocycles. The number of aliphatic hydroxyl groups excluding tert-OH is 1. The minimum Gasteiger partial charge on any atom is -0.508 e. The number of benzene rings is 1. The van der Waals surface area contributed by atoms with E-state index in [0.717, 1.165) is 18.5 Å². The van der Waals surface area contributed by atoms with Gasteiger partial charge in [0.1, 0.15) is 17.2 Å². The van der Waals surface area contributed by atoms with Crippen LogP contribution in [-0.4, -0.2) is 41.6 Å². The Hall–Kier alpha value is -4.14. The first kappa shape index (κ1) is 23.0. The molecule has 34 heavy (non-hydrogen) atoms. The molecule has 1 aromatic carbocycles. The maximum atomic E-state index is 13.5. The van der Waals surface area contributed by atoms with Crippen molar-refractivity contribution >= 4 is 34.8 Å². The van der Waals surface area contributed by atoms with E-state index in [4.69, 9.17) is 11.1 Å². The van der Waals surface area contributed by atoms with Gasteiger partial charge in [-0.3, -0.25) is 19.8 Å². The number of primary amides is 1. The molecule has 3 aliphatic rings. The molecule has 0 spiro atoms. The summed E-state index contributed by atoms with van der Waals surface area (Å²) in [5.74, 6) is -1.11. The van der Waals surface area contributed by atoms with Crippen molar-refractivity contribution in [2.75, 3.05) is 22.9 Å². The Morgan fingerprint density at radius 2 is 1.71 bits per heavy atom. The number of carbonyl (C=O) groups is 3. The molecule has 3 amide bonds. The third kappa shape index (κ3) is 4.78. The molecule has 4 rings (SSSR count). The Bertz CT molecular complexity index is 1160. The molecule has 0 aromatic heterocycles. The van der Waals surface area contributed by atoms with Crippen LogP contribution in [0.25, 0.3) is 0 Å². The van der Waals surface area contributed by atoms with Crippen LogP contribution in [0, 0.1) is 5.41 Å². The summed E-state index contributed by atoms with van der Waals surface area (Å²) in [5.41, 5.74) is 7.37. The second-order valence-electron chi connectivity index (χ2n) is 8.33. The van der Waals surface area contributed by atoms with E-state index >= 15 is 0 Å². The van der Waals surface area contributed by atoms with Crippen LogP contribution in [0.4, 0.5) is 11.4 Å². The standard InChI is InChI=1S/C25H27N5O4/c26-22(24(27)33)20-13-15-30(25(34)23(20)28-16-4-3-5-19(31)12-7-16)18-10-8-17(9-11-18)29-14-2-1-6-21(29)32/h3,5,7-12,26,28,31H,1-2,4,6,13-15H2,(H2,27,33). The lowest BCUT2D eigenvalue weighted by atomic mass is 9.98. The lowest BCUT2D eigenvalue weighted by Gasteiger charge is -2.32.